The SMILES string of the molecule is CCC(=O)Nc1cnc(-n2c(C(F)(F)F)nc3cc(OC)ccc32)cn1.CCC(C)C(=O)Nc1cnc(-n2c(C(F)(F)F)nc3cc(OC)ccc32)cn1. The normalized spacial score (nSPS) is 12.2. The van der Waals surface area contributed by atoms with Crippen LogP contribution in [0.25, 0.3) is 33.7 Å². The van der Waals surface area contributed by atoms with E-state index >= 15 is 0 Å². The maximum atomic E-state index is 13.5. The zero-order valence-corrected chi connectivity index (χ0v) is 29.2. The summed E-state index contributed by atoms with van der Waals surface area (Å²) in [5.74, 6) is -2.02. The van der Waals surface area contributed by atoms with Gasteiger partial charge in [0.1, 0.15) is 11.5 Å². The number of rotatable bonds is 9. The average Bonchev–Trinajstić information content (AvgIpc) is 3.74. The summed E-state index contributed by atoms with van der Waals surface area (Å²) in [6, 6.07) is 8.82. The van der Waals surface area contributed by atoms with E-state index in [0.717, 1.165) is 21.5 Å². The van der Waals surface area contributed by atoms with E-state index < -0.39 is 24.0 Å². The summed E-state index contributed by atoms with van der Waals surface area (Å²) < 4.78 is 92.7. The number of nitrogens with one attached hydrogen (secondary N) is 2. The van der Waals surface area contributed by atoms with Crippen LogP contribution in [0.15, 0.2) is 61.2 Å². The van der Waals surface area contributed by atoms with E-state index in [4.69, 9.17) is 9.47 Å². The fraction of sp³-hybridized carbons (Fsp3) is 0.294. The maximum Gasteiger partial charge on any atom is 0.450 e. The minimum atomic E-state index is -4.70. The number of imidazole rings is 2. The Morgan fingerprint density at radius 1 is 0.704 bits per heavy atom. The first-order valence-electron chi connectivity index (χ1n) is 16.1. The van der Waals surface area contributed by atoms with Crippen molar-refractivity contribution in [2.24, 2.45) is 5.92 Å². The topological polar surface area (TPSA) is 164 Å². The van der Waals surface area contributed by atoms with Gasteiger partial charge in [-0.1, -0.05) is 20.8 Å². The molecule has 2 N–H and O–H groups in total. The van der Waals surface area contributed by atoms with Crippen LogP contribution in [-0.4, -0.2) is 65.1 Å². The van der Waals surface area contributed by atoms with Crippen molar-refractivity contribution in [2.45, 2.75) is 46.0 Å². The van der Waals surface area contributed by atoms with E-state index in [9.17, 15) is 35.9 Å². The lowest BCUT2D eigenvalue weighted by molar-refractivity contribution is -0.146. The van der Waals surface area contributed by atoms with Gasteiger partial charge in [0, 0.05) is 24.5 Å². The number of amides is 2. The van der Waals surface area contributed by atoms with Crippen LogP contribution in [0.5, 0.6) is 11.5 Å². The highest BCUT2D eigenvalue weighted by Crippen LogP contribution is 2.36. The molecule has 0 saturated carbocycles. The Labute approximate surface area is 302 Å². The lowest BCUT2D eigenvalue weighted by atomic mass is 10.1. The highest BCUT2D eigenvalue weighted by molar-refractivity contribution is 5.91. The molecule has 6 rings (SSSR count). The summed E-state index contributed by atoms with van der Waals surface area (Å²) in [4.78, 5) is 46.7. The number of hydrogen-bond acceptors (Lipinski definition) is 10. The molecule has 2 amide bonds. The number of nitrogens with zero attached hydrogens (tertiary/aromatic N) is 8. The molecule has 6 aromatic rings. The third-order valence-electron chi connectivity index (χ3n) is 7.86. The van der Waals surface area contributed by atoms with Gasteiger partial charge in [-0.15, -0.1) is 0 Å². The summed E-state index contributed by atoms with van der Waals surface area (Å²) >= 11 is 0. The molecule has 0 aliphatic heterocycles. The molecule has 14 nitrogen and oxygen atoms in total. The van der Waals surface area contributed by atoms with Crippen LogP contribution in [0.3, 0.4) is 0 Å². The highest BCUT2D eigenvalue weighted by atomic mass is 19.4. The Kier molecular flexibility index (Phi) is 11.3. The van der Waals surface area contributed by atoms with Gasteiger partial charge in [0.2, 0.25) is 23.5 Å². The Balaban J connectivity index is 0.000000208. The number of methoxy groups -OCH3 is 2. The van der Waals surface area contributed by atoms with Gasteiger partial charge in [-0.25, -0.2) is 29.9 Å². The number of alkyl halides is 6. The van der Waals surface area contributed by atoms with Gasteiger partial charge in [-0.3, -0.25) is 18.7 Å². The fourth-order valence-corrected chi connectivity index (χ4v) is 4.89. The Morgan fingerprint density at radius 2 is 1.15 bits per heavy atom. The van der Waals surface area contributed by atoms with E-state index in [2.05, 4.69) is 40.5 Å². The molecule has 0 spiro atoms. The van der Waals surface area contributed by atoms with Gasteiger partial charge in [0.15, 0.2) is 23.3 Å². The predicted octanol–water partition coefficient (Wildman–Crippen LogP) is 7.02. The summed E-state index contributed by atoms with van der Waals surface area (Å²) in [6.45, 7) is 5.30. The van der Waals surface area contributed by atoms with Crippen molar-refractivity contribution in [3.63, 3.8) is 0 Å². The zero-order valence-electron chi connectivity index (χ0n) is 29.2. The van der Waals surface area contributed by atoms with Crippen LogP contribution in [-0.2, 0) is 21.9 Å². The lowest BCUT2D eigenvalue weighted by Gasteiger charge is -2.12. The molecule has 1 atom stereocenters. The third-order valence-corrected chi connectivity index (χ3v) is 7.86. The van der Waals surface area contributed by atoms with Gasteiger partial charge in [-0.2, -0.15) is 26.3 Å². The van der Waals surface area contributed by atoms with Crippen LogP contribution in [0.1, 0.15) is 45.3 Å². The first kappa shape index (κ1) is 38.9. The summed E-state index contributed by atoms with van der Waals surface area (Å²) in [6.07, 6.45) is -3.78. The molecule has 1 unspecified atom stereocenters. The number of anilines is 2. The first-order valence-corrected chi connectivity index (χ1v) is 16.1. The quantitative estimate of drug-likeness (QED) is 0.147. The van der Waals surface area contributed by atoms with E-state index in [0.29, 0.717) is 17.9 Å². The monoisotopic (exact) mass is 758 g/mol. The van der Waals surface area contributed by atoms with Crippen molar-refractivity contribution in [3.05, 3.63) is 72.8 Å². The molecule has 0 radical (unpaired) electrons. The number of fused-ring (bicyclic) bond motifs is 2. The van der Waals surface area contributed by atoms with Gasteiger partial charge < -0.3 is 20.1 Å². The van der Waals surface area contributed by atoms with E-state index in [-0.39, 0.29) is 69.5 Å². The molecule has 0 saturated heterocycles. The van der Waals surface area contributed by atoms with Crippen molar-refractivity contribution in [3.8, 4) is 23.1 Å². The maximum absolute atomic E-state index is 13.5. The summed E-state index contributed by atoms with van der Waals surface area (Å²) in [5.41, 5.74) is 0.640. The number of ether oxygens (including phenoxy) is 2. The smallest absolute Gasteiger partial charge is 0.450 e. The molecule has 4 heterocycles. The molecule has 0 bridgehead atoms. The summed E-state index contributed by atoms with van der Waals surface area (Å²) in [7, 11) is 2.83. The fourth-order valence-electron chi connectivity index (χ4n) is 4.89. The van der Waals surface area contributed by atoms with Gasteiger partial charge in [0.05, 0.1) is 61.1 Å². The molecule has 2 aromatic carbocycles. The van der Waals surface area contributed by atoms with E-state index in [1.165, 1.54) is 63.0 Å². The zero-order chi connectivity index (χ0) is 39.4. The van der Waals surface area contributed by atoms with Crippen LogP contribution in [0, 0.1) is 5.92 Å². The molecule has 4 aromatic heterocycles. The number of hydrogen-bond donors (Lipinski definition) is 2. The van der Waals surface area contributed by atoms with Crippen molar-refractivity contribution in [1.82, 2.24) is 39.0 Å². The van der Waals surface area contributed by atoms with E-state index in [1.807, 2.05) is 6.92 Å². The van der Waals surface area contributed by atoms with Crippen molar-refractivity contribution in [2.75, 3.05) is 24.9 Å². The second-order valence-corrected chi connectivity index (χ2v) is 11.5. The third kappa shape index (κ3) is 8.48. The number of halogens is 6. The number of carbonyl (C=O) groups is 2. The first-order chi connectivity index (χ1) is 25.6. The van der Waals surface area contributed by atoms with Gasteiger partial charge in [-0.05, 0) is 30.7 Å². The van der Waals surface area contributed by atoms with Gasteiger partial charge in [0.25, 0.3) is 0 Å². The number of benzene rings is 2. The molecule has 54 heavy (non-hydrogen) atoms. The minimum absolute atomic E-state index is 0.0680. The van der Waals surface area contributed by atoms with Crippen molar-refractivity contribution in [1.29, 1.82) is 0 Å². The minimum Gasteiger partial charge on any atom is -0.497 e. The molecular weight excluding hydrogens is 726 g/mol. The number of aromatic nitrogens is 8. The average molecular weight is 759 g/mol. The van der Waals surface area contributed by atoms with Crippen molar-refractivity contribution >= 4 is 45.5 Å². The predicted molar refractivity (Wildman–Crippen MR) is 183 cm³/mol. The molecule has 20 heteroatoms. The van der Waals surface area contributed by atoms with Crippen LogP contribution < -0.4 is 20.1 Å². The Bertz CT molecular complexity index is 2270. The molecule has 0 aliphatic rings. The van der Waals surface area contributed by atoms with Crippen LogP contribution >= 0.6 is 0 Å². The standard InChI is InChI=1S/C18H18F3N5O2.C16H14F3N5O2/c1-4-10(2)16(27)25-14-8-23-15(9-22-14)26-13-6-5-11(28-3)7-12(13)24-17(26)18(19,20)21;1-3-14(25)23-12-7-21-13(8-20-12)24-11-5-4-9(26-2)6-10(11)22-15(24)16(17,18)19/h5-10H,4H2,1-3H3,(H,22,25,27);4-8H,3H2,1-2H3,(H,20,23,25). The second kappa shape index (κ2) is 15.7. The van der Waals surface area contributed by atoms with Crippen molar-refractivity contribution < 1.29 is 45.4 Å². The second-order valence-electron chi connectivity index (χ2n) is 11.5. The summed E-state index contributed by atoms with van der Waals surface area (Å²) in [5, 5.41) is 5.07. The highest BCUT2D eigenvalue weighted by Gasteiger charge is 2.39. The van der Waals surface area contributed by atoms with Crippen LogP contribution in [0.2, 0.25) is 0 Å². The Morgan fingerprint density at radius 3 is 1.50 bits per heavy atom. The number of carbonyl (C=O) groups excluding carboxylic acids is 2. The largest absolute Gasteiger partial charge is 0.497 e. The molecule has 0 fully saturated rings. The molecule has 0 aliphatic carbocycles. The van der Waals surface area contributed by atoms with Crippen LogP contribution in [0.4, 0.5) is 38.0 Å². The lowest BCUT2D eigenvalue weighted by Crippen LogP contribution is -2.20. The molecular formula is C34H32F6N10O4. The van der Waals surface area contributed by atoms with E-state index in [1.54, 1.807) is 13.8 Å². The molecule has 284 valence electrons. The Hall–Kier alpha value is -6.34. The van der Waals surface area contributed by atoms with Gasteiger partial charge >= 0.3 is 12.4 Å².